The summed E-state index contributed by atoms with van der Waals surface area (Å²) in [6.07, 6.45) is 0. The molecule has 0 saturated carbocycles. The summed E-state index contributed by atoms with van der Waals surface area (Å²) in [6, 6.07) is 0.0419. The largest absolute Gasteiger partial charge is 0.339 e. The van der Waals surface area contributed by atoms with Crippen molar-refractivity contribution in [2.45, 2.75) is 19.9 Å². The number of nitrogens with zero attached hydrogens (tertiary/aromatic N) is 3. The molecule has 18 heavy (non-hydrogen) atoms. The maximum Gasteiger partial charge on any atom is 0.239 e. The van der Waals surface area contributed by atoms with Gasteiger partial charge in [-0.15, -0.1) is 0 Å². The van der Waals surface area contributed by atoms with Crippen LogP contribution in [0.5, 0.6) is 0 Å². The Morgan fingerprint density at radius 3 is 2.28 bits per heavy atom. The fourth-order valence-corrected chi connectivity index (χ4v) is 2.77. The number of rotatable bonds is 3. The van der Waals surface area contributed by atoms with Gasteiger partial charge in [0.2, 0.25) is 5.91 Å². The highest BCUT2D eigenvalue weighted by Crippen LogP contribution is 2.08. The molecule has 0 aromatic carbocycles. The predicted molar refractivity (Wildman–Crippen MR) is 72.6 cm³/mol. The summed E-state index contributed by atoms with van der Waals surface area (Å²) >= 11 is 0. The first-order valence-corrected chi connectivity index (χ1v) is 7.18. The number of likely N-dealkylation sites (N-methyl/N-ethyl adjacent to an activating group) is 1. The van der Waals surface area contributed by atoms with E-state index in [0.717, 1.165) is 58.9 Å². The summed E-state index contributed by atoms with van der Waals surface area (Å²) in [5.41, 5.74) is 0. The van der Waals surface area contributed by atoms with Crippen molar-refractivity contribution in [3.63, 3.8) is 0 Å². The van der Waals surface area contributed by atoms with Crippen molar-refractivity contribution >= 4 is 5.91 Å². The second-order valence-corrected chi connectivity index (χ2v) is 5.22. The molecule has 1 amide bonds. The monoisotopic (exact) mass is 254 g/mol. The Bertz CT molecular complexity index is 270. The van der Waals surface area contributed by atoms with Crippen LogP contribution in [0, 0.1) is 0 Å². The van der Waals surface area contributed by atoms with E-state index in [9.17, 15) is 4.79 Å². The Morgan fingerprint density at radius 1 is 1.11 bits per heavy atom. The molecule has 0 aromatic heterocycles. The van der Waals surface area contributed by atoms with Crippen LogP contribution in [0.1, 0.15) is 13.8 Å². The molecule has 1 atom stereocenters. The van der Waals surface area contributed by atoms with Crippen LogP contribution in [0.2, 0.25) is 0 Å². The molecular weight excluding hydrogens is 228 g/mol. The third-order valence-corrected chi connectivity index (χ3v) is 4.19. The Balaban J connectivity index is 1.83. The number of carbonyl (C=O) groups excluding carboxylic acids is 1. The zero-order valence-electron chi connectivity index (χ0n) is 11.7. The van der Waals surface area contributed by atoms with Crippen LogP contribution in [0.15, 0.2) is 0 Å². The Kier molecular flexibility index (Phi) is 4.97. The van der Waals surface area contributed by atoms with E-state index in [-0.39, 0.29) is 6.04 Å². The van der Waals surface area contributed by atoms with Gasteiger partial charge < -0.3 is 15.1 Å². The maximum atomic E-state index is 12.4. The van der Waals surface area contributed by atoms with Gasteiger partial charge in [-0.1, -0.05) is 6.92 Å². The molecule has 1 N–H and O–H groups in total. The van der Waals surface area contributed by atoms with Gasteiger partial charge in [-0.05, 0) is 13.5 Å². The van der Waals surface area contributed by atoms with Crippen LogP contribution < -0.4 is 5.32 Å². The number of carbonyl (C=O) groups is 1. The van der Waals surface area contributed by atoms with Gasteiger partial charge in [0.15, 0.2) is 0 Å². The molecule has 0 radical (unpaired) electrons. The first kappa shape index (κ1) is 13.8. The Hall–Kier alpha value is -0.650. The van der Waals surface area contributed by atoms with Crippen LogP contribution in [0.3, 0.4) is 0 Å². The van der Waals surface area contributed by atoms with Gasteiger partial charge in [-0.3, -0.25) is 9.69 Å². The molecule has 5 nitrogen and oxygen atoms in total. The van der Waals surface area contributed by atoms with Crippen LogP contribution in [0.25, 0.3) is 0 Å². The lowest BCUT2D eigenvalue weighted by molar-refractivity contribution is -0.138. The van der Waals surface area contributed by atoms with Crippen LogP contribution >= 0.6 is 0 Å². The molecule has 2 heterocycles. The number of piperazine rings is 2. The standard InChI is InChI=1S/C13H26N4O/c1-3-15-8-10-17(11-9-15)13(18)12(2)16-6-4-14-5-7-16/h12,14H,3-11H2,1-2H3. The van der Waals surface area contributed by atoms with Gasteiger partial charge in [-0.25, -0.2) is 0 Å². The minimum atomic E-state index is 0.0419. The predicted octanol–water partition coefficient (Wildman–Crippen LogP) is -0.556. The van der Waals surface area contributed by atoms with Crippen molar-refractivity contribution in [2.75, 3.05) is 58.9 Å². The molecule has 0 aliphatic carbocycles. The smallest absolute Gasteiger partial charge is 0.239 e. The number of amides is 1. The summed E-state index contributed by atoms with van der Waals surface area (Å²) in [4.78, 5) is 19.2. The molecule has 0 bridgehead atoms. The average Bonchev–Trinajstić information content (AvgIpc) is 2.47. The summed E-state index contributed by atoms with van der Waals surface area (Å²) in [6.45, 7) is 13.1. The Morgan fingerprint density at radius 2 is 1.72 bits per heavy atom. The lowest BCUT2D eigenvalue weighted by Gasteiger charge is -2.38. The lowest BCUT2D eigenvalue weighted by Crippen LogP contribution is -2.56. The van der Waals surface area contributed by atoms with Crippen LogP contribution in [-0.2, 0) is 4.79 Å². The SMILES string of the molecule is CCN1CCN(C(=O)C(C)N2CCNCC2)CC1. The van der Waals surface area contributed by atoms with E-state index in [1.807, 2.05) is 4.90 Å². The molecule has 0 aromatic rings. The van der Waals surface area contributed by atoms with Crippen molar-refractivity contribution in [3.05, 3.63) is 0 Å². The molecule has 1 unspecified atom stereocenters. The average molecular weight is 254 g/mol. The fraction of sp³-hybridized carbons (Fsp3) is 0.923. The molecule has 2 aliphatic heterocycles. The molecule has 2 fully saturated rings. The highest BCUT2D eigenvalue weighted by atomic mass is 16.2. The summed E-state index contributed by atoms with van der Waals surface area (Å²) in [5, 5.41) is 3.33. The number of nitrogens with one attached hydrogen (secondary N) is 1. The van der Waals surface area contributed by atoms with Gasteiger partial charge in [0.05, 0.1) is 6.04 Å². The van der Waals surface area contributed by atoms with Crippen LogP contribution in [-0.4, -0.2) is 85.6 Å². The van der Waals surface area contributed by atoms with Crippen molar-refractivity contribution < 1.29 is 4.79 Å². The first-order chi connectivity index (χ1) is 8.72. The van der Waals surface area contributed by atoms with Crippen molar-refractivity contribution in [1.29, 1.82) is 0 Å². The van der Waals surface area contributed by atoms with Crippen LogP contribution in [0.4, 0.5) is 0 Å². The zero-order valence-corrected chi connectivity index (χ0v) is 11.7. The number of hydrogen-bond acceptors (Lipinski definition) is 4. The van der Waals surface area contributed by atoms with E-state index in [0.29, 0.717) is 5.91 Å². The van der Waals surface area contributed by atoms with E-state index in [4.69, 9.17) is 0 Å². The molecule has 2 aliphatic rings. The van der Waals surface area contributed by atoms with Crippen molar-refractivity contribution in [1.82, 2.24) is 20.0 Å². The third-order valence-electron chi connectivity index (χ3n) is 4.19. The summed E-state index contributed by atoms with van der Waals surface area (Å²) < 4.78 is 0. The van der Waals surface area contributed by atoms with Gasteiger partial charge in [-0.2, -0.15) is 0 Å². The minimum Gasteiger partial charge on any atom is -0.339 e. The number of hydrogen-bond donors (Lipinski definition) is 1. The van der Waals surface area contributed by atoms with Gasteiger partial charge in [0, 0.05) is 52.4 Å². The molecule has 104 valence electrons. The van der Waals surface area contributed by atoms with Crippen molar-refractivity contribution in [3.8, 4) is 0 Å². The summed E-state index contributed by atoms with van der Waals surface area (Å²) in [7, 11) is 0. The third kappa shape index (κ3) is 3.22. The molecule has 2 rings (SSSR count). The normalized spacial score (nSPS) is 25.1. The van der Waals surface area contributed by atoms with Gasteiger partial charge in [0.1, 0.15) is 0 Å². The molecular formula is C13H26N4O. The van der Waals surface area contributed by atoms with Crippen molar-refractivity contribution in [2.24, 2.45) is 0 Å². The van der Waals surface area contributed by atoms with Gasteiger partial charge in [0.25, 0.3) is 0 Å². The van der Waals surface area contributed by atoms with E-state index < -0.39 is 0 Å². The highest BCUT2D eigenvalue weighted by molar-refractivity contribution is 5.81. The lowest BCUT2D eigenvalue weighted by atomic mass is 10.2. The van der Waals surface area contributed by atoms with E-state index in [1.165, 1.54) is 0 Å². The molecule has 5 heteroatoms. The minimum absolute atomic E-state index is 0.0419. The highest BCUT2D eigenvalue weighted by Gasteiger charge is 2.28. The fourth-order valence-electron chi connectivity index (χ4n) is 2.77. The molecule has 2 saturated heterocycles. The topological polar surface area (TPSA) is 38.8 Å². The quantitative estimate of drug-likeness (QED) is 0.733. The molecule has 0 spiro atoms. The van der Waals surface area contributed by atoms with E-state index in [1.54, 1.807) is 0 Å². The first-order valence-electron chi connectivity index (χ1n) is 7.18. The maximum absolute atomic E-state index is 12.4. The van der Waals surface area contributed by atoms with E-state index in [2.05, 4.69) is 29.0 Å². The van der Waals surface area contributed by atoms with E-state index >= 15 is 0 Å². The second-order valence-electron chi connectivity index (χ2n) is 5.22. The Labute approximate surface area is 110 Å². The van der Waals surface area contributed by atoms with Gasteiger partial charge >= 0.3 is 0 Å². The zero-order chi connectivity index (χ0) is 13.0. The second kappa shape index (κ2) is 6.50. The summed E-state index contributed by atoms with van der Waals surface area (Å²) in [5.74, 6) is 0.313.